The zero-order chi connectivity index (χ0) is 23.5. The fraction of sp³-hybridized carbons (Fsp3) is 0.500. The van der Waals surface area contributed by atoms with E-state index < -0.39 is 21.5 Å². The smallest absolute Gasteiger partial charge is 0.300 e. The van der Waals surface area contributed by atoms with E-state index in [-0.39, 0.29) is 24.2 Å². The van der Waals surface area contributed by atoms with Gasteiger partial charge in [-0.05, 0) is 33.4 Å². The maximum Gasteiger partial charge on any atom is 0.300 e. The lowest BCUT2D eigenvalue weighted by molar-refractivity contribution is -0.114. The molecule has 0 bridgehead atoms. The first-order valence-corrected chi connectivity index (χ1v) is 12.7. The molecule has 1 unspecified atom stereocenters. The second-order valence-corrected chi connectivity index (χ2v) is 11.1. The second kappa shape index (κ2) is 7.84. The molecule has 0 radical (unpaired) electrons. The van der Waals surface area contributed by atoms with E-state index in [4.69, 9.17) is 9.47 Å². The molecule has 0 N–H and O–H groups in total. The van der Waals surface area contributed by atoms with Crippen molar-refractivity contribution in [2.75, 3.05) is 43.3 Å². The first-order valence-electron chi connectivity index (χ1n) is 10.9. The van der Waals surface area contributed by atoms with E-state index in [1.54, 1.807) is 12.1 Å². The monoisotopic (exact) mass is 474 g/mol. The number of sulfone groups is 1. The van der Waals surface area contributed by atoms with E-state index in [0.717, 1.165) is 17.0 Å². The lowest BCUT2D eigenvalue weighted by atomic mass is 10.1. The Kier molecular flexibility index (Phi) is 5.20. The highest BCUT2D eigenvalue weighted by Crippen LogP contribution is 2.40. The average Bonchev–Trinajstić information content (AvgIpc) is 3.35. The number of rotatable bonds is 5. The minimum atomic E-state index is -3.02. The molecule has 1 atom stereocenters. The van der Waals surface area contributed by atoms with Crippen LogP contribution in [-0.2, 0) is 21.2 Å². The van der Waals surface area contributed by atoms with Crippen molar-refractivity contribution in [1.82, 2.24) is 14.7 Å². The third-order valence-electron chi connectivity index (χ3n) is 6.48. The zero-order valence-electron chi connectivity index (χ0n) is 18.8. The van der Waals surface area contributed by atoms with Gasteiger partial charge in [-0.25, -0.2) is 8.42 Å². The molecule has 1 aromatic carbocycles. The molecule has 1 amide bonds. The van der Waals surface area contributed by atoms with Crippen molar-refractivity contribution in [1.29, 1.82) is 0 Å². The van der Waals surface area contributed by atoms with Crippen molar-refractivity contribution in [2.24, 2.45) is 0 Å². The molecule has 11 heteroatoms. The summed E-state index contributed by atoms with van der Waals surface area (Å²) in [6, 6.07) is 3.12. The fourth-order valence-electron chi connectivity index (χ4n) is 4.78. The van der Waals surface area contributed by atoms with Gasteiger partial charge in [-0.1, -0.05) is 0 Å². The number of hydrogen-bond donors (Lipinski definition) is 0. The van der Waals surface area contributed by atoms with Crippen molar-refractivity contribution in [2.45, 2.75) is 32.9 Å². The van der Waals surface area contributed by atoms with Crippen molar-refractivity contribution < 1.29 is 27.5 Å². The second-order valence-electron chi connectivity index (χ2n) is 8.88. The number of amides is 1. The predicted molar refractivity (Wildman–Crippen MR) is 120 cm³/mol. The highest BCUT2D eigenvalue weighted by Gasteiger charge is 2.38. The molecule has 1 saturated heterocycles. The van der Waals surface area contributed by atoms with Gasteiger partial charge in [-0.3, -0.25) is 24.1 Å². The number of fused-ring (bicyclic) bond motifs is 2. The molecule has 2 aromatic rings. The summed E-state index contributed by atoms with van der Waals surface area (Å²) in [6.07, 6.45) is 0.566. The number of carbonyl (C=O) groups is 2. The van der Waals surface area contributed by atoms with Crippen LogP contribution in [-0.4, -0.2) is 73.2 Å². The molecule has 10 nitrogen and oxygen atoms in total. The summed E-state index contributed by atoms with van der Waals surface area (Å²) < 4.78 is 36.8. The molecule has 33 heavy (non-hydrogen) atoms. The van der Waals surface area contributed by atoms with Crippen molar-refractivity contribution in [3.8, 4) is 11.5 Å². The molecule has 1 aromatic heterocycles. The van der Waals surface area contributed by atoms with E-state index in [2.05, 4.69) is 5.10 Å². The topological polar surface area (TPSA) is 111 Å². The normalized spacial score (nSPS) is 21.2. The Labute approximate surface area is 192 Å². The maximum atomic E-state index is 12.7. The number of aromatic nitrogens is 2. The van der Waals surface area contributed by atoms with Gasteiger partial charge in [0.1, 0.15) is 13.2 Å². The number of benzene rings is 1. The maximum absolute atomic E-state index is 12.7. The van der Waals surface area contributed by atoms with Crippen molar-refractivity contribution in [3.63, 3.8) is 0 Å². The van der Waals surface area contributed by atoms with Gasteiger partial charge < -0.3 is 9.47 Å². The summed E-state index contributed by atoms with van der Waals surface area (Å²) in [5.74, 6) is 0.159. The first kappa shape index (κ1) is 21.9. The van der Waals surface area contributed by atoms with Crippen LogP contribution in [0, 0.1) is 13.8 Å². The molecule has 4 heterocycles. The highest BCUT2D eigenvalue weighted by atomic mass is 32.2. The predicted octanol–water partition coefficient (Wildman–Crippen LogP) is 1.25. The minimum absolute atomic E-state index is 0.113. The van der Waals surface area contributed by atoms with Crippen LogP contribution < -0.4 is 14.4 Å². The SMILES string of the molecule is Cc1nn(C2CCS(=O)(=O)C2)c(C)c1CN(C)CN1C(=O)C(=O)c2cc3c(cc21)OCCO3. The number of Topliss-reactive ketones (excluding diaryl/α,β-unsaturated/α-hetero) is 1. The highest BCUT2D eigenvalue weighted by molar-refractivity contribution is 7.91. The van der Waals surface area contributed by atoms with Crippen LogP contribution in [0.25, 0.3) is 0 Å². The molecule has 0 spiro atoms. The summed E-state index contributed by atoms with van der Waals surface area (Å²) in [7, 11) is -1.15. The number of anilines is 1. The van der Waals surface area contributed by atoms with E-state index in [0.29, 0.717) is 48.9 Å². The Hall–Kier alpha value is -2.92. The molecule has 176 valence electrons. The summed E-state index contributed by atoms with van der Waals surface area (Å²) in [4.78, 5) is 28.7. The summed E-state index contributed by atoms with van der Waals surface area (Å²) in [5.41, 5.74) is 3.57. The summed E-state index contributed by atoms with van der Waals surface area (Å²) in [5, 5.41) is 4.61. The van der Waals surface area contributed by atoms with Crippen LogP contribution in [0.5, 0.6) is 11.5 Å². The standard InChI is InChI=1S/C22H26N4O6S/c1-13-17(14(2)26(23-13)15-4-7-33(29,30)11-15)10-24(3)12-25-18-9-20-19(31-5-6-32-20)8-16(18)21(27)22(25)28/h8-9,15H,4-7,10-12H2,1-3H3. The number of nitrogens with zero attached hydrogens (tertiary/aromatic N) is 4. The minimum Gasteiger partial charge on any atom is -0.486 e. The largest absolute Gasteiger partial charge is 0.486 e. The van der Waals surface area contributed by atoms with Gasteiger partial charge in [0, 0.05) is 23.9 Å². The van der Waals surface area contributed by atoms with Crippen molar-refractivity contribution in [3.05, 3.63) is 34.6 Å². The van der Waals surface area contributed by atoms with E-state index >= 15 is 0 Å². The lowest BCUT2D eigenvalue weighted by Gasteiger charge is -2.26. The van der Waals surface area contributed by atoms with Gasteiger partial charge >= 0.3 is 5.91 Å². The van der Waals surface area contributed by atoms with E-state index in [9.17, 15) is 18.0 Å². The third-order valence-corrected chi connectivity index (χ3v) is 8.23. The fourth-order valence-corrected chi connectivity index (χ4v) is 6.47. The molecule has 1 fully saturated rings. The third kappa shape index (κ3) is 3.78. The molecule has 0 aliphatic carbocycles. The number of aryl methyl sites for hydroxylation is 1. The van der Waals surface area contributed by atoms with Gasteiger partial charge in [0.05, 0.1) is 41.2 Å². The quantitative estimate of drug-likeness (QED) is 0.596. The Bertz CT molecular complexity index is 1270. The lowest BCUT2D eigenvalue weighted by Crippen LogP contribution is -2.39. The van der Waals surface area contributed by atoms with Gasteiger partial charge in [0.15, 0.2) is 21.3 Å². The zero-order valence-corrected chi connectivity index (χ0v) is 19.6. The summed E-state index contributed by atoms with van der Waals surface area (Å²) >= 11 is 0. The van der Waals surface area contributed by atoms with Crippen LogP contribution in [0.1, 0.15) is 39.8 Å². The Morgan fingerprint density at radius 1 is 1.15 bits per heavy atom. The number of ether oxygens (including phenoxy) is 2. The van der Waals surface area contributed by atoms with Gasteiger partial charge in [0.25, 0.3) is 5.78 Å². The van der Waals surface area contributed by atoms with Crippen molar-refractivity contribution >= 4 is 27.2 Å². The van der Waals surface area contributed by atoms with Crippen LogP contribution in [0.2, 0.25) is 0 Å². The van der Waals surface area contributed by atoms with E-state index in [1.807, 2.05) is 30.5 Å². The molecule has 3 aliphatic rings. The Morgan fingerprint density at radius 2 is 1.85 bits per heavy atom. The van der Waals surface area contributed by atoms with Gasteiger partial charge in [-0.2, -0.15) is 5.10 Å². The first-order chi connectivity index (χ1) is 15.6. The van der Waals surface area contributed by atoms with Crippen LogP contribution in [0.15, 0.2) is 12.1 Å². The molecule has 3 aliphatic heterocycles. The van der Waals surface area contributed by atoms with Crippen LogP contribution >= 0.6 is 0 Å². The molecule has 5 rings (SSSR count). The average molecular weight is 475 g/mol. The summed E-state index contributed by atoms with van der Waals surface area (Å²) in [6.45, 7) is 5.36. The molecular formula is C22H26N4O6S. The van der Waals surface area contributed by atoms with Gasteiger partial charge in [0.2, 0.25) is 0 Å². The number of ketones is 1. The van der Waals surface area contributed by atoms with Crippen LogP contribution in [0.4, 0.5) is 5.69 Å². The van der Waals surface area contributed by atoms with E-state index in [1.165, 1.54) is 4.90 Å². The van der Waals surface area contributed by atoms with Crippen LogP contribution in [0.3, 0.4) is 0 Å². The molecule has 0 saturated carbocycles. The Balaban J connectivity index is 1.36. The van der Waals surface area contributed by atoms with Gasteiger partial charge in [-0.15, -0.1) is 0 Å². The number of hydrogen-bond acceptors (Lipinski definition) is 8. The molecular weight excluding hydrogens is 448 g/mol. The number of carbonyl (C=O) groups excluding carboxylic acids is 2. The Morgan fingerprint density at radius 3 is 2.52 bits per heavy atom.